The molecule has 0 aliphatic carbocycles. The first kappa shape index (κ1) is 13.1. The molecule has 19 heavy (non-hydrogen) atoms. The van der Waals surface area contributed by atoms with Gasteiger partial charge >= 0.3 is 0 Å². The van der Waals surface area contributed by atoms with Crippen molar-refractivity contribution >= 4 is 0 Å². The van der Waals surface area contributed by atoms with Crippen LogP contribution in [0, 0.1) is 5.92 Å². The molecular weight excluding hydrogens is 240 g/mol. The van der Waals surface area contributed by atoms with Gasteiger partial charge in [-0.25, -0.2) is 4.98 Å². The molecule has 0 bridgehead atoms. The lowest BCUT2D eigenvalue weighted by molar-refractivity contribution is 0.0220. The van der Waals surface area contributed by atoms with Gasteiger partial charge in [0.15, 0.2) is 0 Å². The highest BCUT2D eigenvalue weighted by atomic mass is 16.5. The number of nitrogens with one attached hydrogen (secondary N) is 1. The number of hydrogen-bond acceptors (Lipinski definition) is 4. The van der Waals surface area contributed by atoms with E-state index in [1.165, 1.54) is 31.6 Å². The first-order chi connectivity index (χ1) is 9.33. The van der Waals surface area contributed by atoms with Crippen molar-refractivity contribution in [1.82, 2.24) is 19.8 Å². The smallest absolute Gasteiger partial charge is 0.111 e. The minimum atomic E-state index is 0.169. The van der Waals surface area contributed by atoms with Crippen molar-refractivity contribution in [3.05, 3.63) is 18.2 Å². The normalized spacial score (nSPS) is 26.7. The van der Waals surface area contributed by atoms with Crippen LogP contribution in [0.25, 0.3) is 0 Å². The van der Waals surface area contributed by atoms with E-state index in [-0.39, 0.29) is 6.10 Å². The fourth-order valence-corrected chi connectivity index (χ4v) is 3.03. The average Bonchev–Trinajstić information content (AvgIpc) is 2.90. The monoisotopic (exact) mass is 264 g/mol. The van der Waals surface area contributed by atoms with Gasteiger partial charge in [0.2, 0.25) is 0 Å². The molecule has 1 atom stereocenters. The number of aromatic nitrogens is 2. The van der Waals surface area contributed by atoms with Crippen LogP contribution in [0.3, 0.4) is 0 Å². The fourth-order valence-electron chi connectivity index (χ4n) is 3.03. The van der Waals surface area contributed by atoms with Crippen LogP contribution in [0.4, 0.5) is 0 Å². The van der Waals surface area contributed by atoms with Crippen LogP contribution < -0.4 is 5.32 Å². The summed E-state index contributed by atoms with van der Waals surface area (Å²) in [6, 6.07) is 0. The Kier molecular flexibility index (Phi) is 4.15. The lowest BCUT2D eigenvalue weighted by Crippen LogP contribution is -2.35. The minimum Gasteiger partial charge on any atom is -0.369 e. The van der Waals surface area contributed by atoms with Gasteiger partial charge in [-0.2, -0.15) is 0 Å². The number of ether oxygens (including phenoxy) is 1. The summed E-state index contributed by atoms with van der Waals surface area (Å²) in [5.74, 6) is 0.778. The average molecular weight is 264 g/mol. The van der Waals surface area contributed by atoms with E-state index in [1.807, 2.05) is 12.5 Å². The van der Waals surface area contributed by atoms with Gasteiger partial charge in [0.25, 0.3) is 0 Å². The third kappa shape index (κ3) is 3.16. The SMILES string of the molecule is CN1CCC(Cn2cncc2C2CNCCO2)CC1. The second-order valence-electron chi connectivity index (χ2n) is 5.78. The van der Waals surface area contributed by atoms with Gasteiger partial charge < -0.3 is 19.5 Å². The highest BCUT2D eigenvalue weighted by molar-refractivity contribution is 5.05. The molecule has 106 valence electrons. The topological polar surface area (TPSA) is 42.3 Å². The molecule has 2 aliphatic heterocycles. The molecule has 0 spiro atoms. The van der Waals surface area contributed by atoms with Crippen molar-refractivity contribution in [1.29, 1.82) is 0 Å². The Morgan fingerprint density at radius 3 is 3.00 bits per heavy atom. The number of likely N-dealkylation sites (tertiary alicyclic amines) is 1. The van der Waals surface area contributed by atoms with E-state index >= 15 is 0 Å². The second-order valence-corrected chi connectivity index (χ2v) is 5.78. The van der Waals surface area contributed by atoms with Crippen LogP contribution >= 0.6 is 0 Å². The molecule has 0 amide bonds. The van der Waals surface area contributed by atoms with Gasteiger partial charge in [-0.05, 0) is 38.9 Å². The van der Waals surface area contributed by atoms with E-state index in [0.29, 0.717) is 0 Å². The lowest BCUT2D eigenvalue weighted by atomic mass is 9.97. The van der Waals surface area contributed by atoms with E-state index < -0.39 is 0 Å². The molecule has 5 heteroatoms. The standard InChI is InChI=1S/C14H24N4O/c1-17-5-2-12(3-6-17)10-18-11-16-8-13(18)14-9-15-4-7-19-14/h8,11-12,14-15H,2-7,9-10H2,1H3. The number of imidazole rings is 1. The van der Waals surface area contributed by atoms with E-state index in [1.54, 1.807) is 0 Å². The van der Waals surface area contributed by atoms with Crippen molar-refractivity contribution in [2.24, 2.45) is 5.92 Å². The first-order valence-corrected chi connectivity index (χ1v) is 7.34. The van der Waals surface area contributed by atoms with Crippen LogP contribution in [0.1, 0.15) is 24.6 Å². The molecular formula is C14H24N4O. The Bertz CT molecular complexity index is 392. The predicted octanol–water partition coefficient (Wildman–Crippen LogP) is 0.886. The number of morpholine rings is 1. The zero-order chi connectivity index (χ0) is 13.1. The zero-order valence-corrected chi connectivity index (χ0v) is 11.7. The van der Waals surface area contributed by atoms with Crippen molar-refractivity contribution < 1.29 is 4.74 Å². The molecule has 0 aromatic carbocycles. The van der Waals surface area contributed by atoms with E-state index in [9.17, 15) is 0 Å². The van der Waals surface area contributed by atoms with E-state index in [2.05, 4.69) is 26.8 Å². The maximum absolute atomic E-state index is 5.84. The number of hydrogen-bond donors (Lipinski definition) is 1. The van der Waals surface area contributed by atoms with Gasteiger partial charge in [0, 0.05) is 19.6 Å². The molecule has 1 aromatic rings. The van der Waals surface area contributed by atoms with Crippen LogP contribution in [0.15, 0.2) is 12.5 Å². The van der Waals surface area contributed by atoms with Gasteiger partial charge in [0.1, 0.15) is 6.10 Å². The largest absolute Gasteiger partial charge is 0.369 e. The van der Waals surface area contributed by atoms with Crippen LogP contribution in [0.5, 0.6) is 0 Å². The fraction of sp³-hybridized carbons (Fsp3) is 0.786. The molecule has 0 saturated carbocycles. The van der Waals surface area contributed by atoms with E-state index in [0.717, 1.165) is 32.2 Å². The van der Waals surface area contributed by atoms with Crippen LogP contribution in [-0.2, 0) is 11.3 Å². The van der Waals surface area contributed by atoms with Crippen LogP contribution in [-0.4, -0.2) is 54.3 Å². The molecule has 1 aromatic heterocycles. The Labute approximate surface area is 114 Å². The maximum atomic E-state index is 5.84. The molecule has 1 unspecified atom stereocenters. The quantitative estimate of drug-likeness (QED) is 0.880. The summed E-state index contributed by atoms with van der Waals surface area (Å²) in [6.45, 7) is 6.18. The lowest BCUT2D eigenvalue weighted by Gasteiger charge is -2.30. The number of nitrogens with zero attached hydrogens (tertiary/aromatic N) is 3. The maximum Gasteiger partial charge on any atom is 0.111 e. The Balaban J connectivity index is 1.63. The highest BCUT2D eigenvalue weighted by Crippen LogP contribution is 2.23. The summed E-state index contributed by atoms with van der Waals surface area (Å²) in [5, 5.41) is 3.39. The predicted molar refractivity (Wildman–Crippen MR) is 74.0 cm³/mol. The Morgan fingerprint density at radius 1 is 1.42 bits per heavy atom. The number of rotatable bonds is 3. The molecule has 3 heterocycles. The van der Waals surface area contributed by atoms with Crippen LogP contribution in [0.2, 0.25) is 0 Å². The Hall–Kier alpha value is -0.910. The molecule has 2 fully saturated rings. The summed E-state index contributed by atoms with van der Waals surface area (Å²) < 4.78 is 8.14. The third-order valence-corrected chi connectivity index (χ3v) is 4.30. The molecule has 2 saturated heterocycles. The highest BCUT2D eigenvalue weighted by Gasteiger charge is 2.22. The molecule has 2 aliphatic rings. The first-order valence-electron chi connectivity index (χ1n) is 7.34. The van der Waals surface area contributed by atoms with Crippen molar-refractivity contribution in [2.45, 2.75) is 25.5 Å². The number of piperidine rings is 1. The zero-order valence-electron chi connectivity index (χ0n) is 11.7. The summed E-state index contributed by atoms with van der Waals surface area (Å²) in [7, 11) is 2.21. The Morgan fingerprint density at radius 2 is 2.26 bits per heavy atom. The molecule has 0 radical (unpaired) electrons. The summed E-state index contributed by atoms with van der Waals surface area (Å²) in [4.78, 5) is 6.74. The summed E-state index contributed by atoms with van der Waals surface area (Å²) >= 11 is 0. The summed E-state index contributed by atoms with van der Waals surface area (Å²) in [5.41, 5.74) is 1.23. The summed E-state index contributed by atoms with van der Waals surface area (Å²) in [6.07, 6.45) is 6.68. The van der Waals surface area contributed by atoms with Gasteiger partial charge in [-0.1, -0.05) is 0 Å². The van der Waals surface area contributed by atoms with Gasteiger partial charge in [-0.3, -0.25) is 0 Å². The molecule has 3 rings (SSSR count). The van der Waals surface area contributed by atoms with E-state index in [4.69, 9.17) is 4.74 Å². The second kappa shape index (κ2) is 6.03. The van der Waals surface area contributed by atoms with Crippen molar-refractivity contribution in [3.8, 4) is 0 Å². The van der Waals surface area contributed by atoms with Crippen molar-refractivity contribution in [3.63, 3.8) is 0 Å². The third-order valence-electron chi connectivity index (χ3n) is 4.30. The minimum absolute atomic E-state index is 0.169. The van der Waals surface area contributed by atoms with Crippen molar-refractivity contribution in [2.75, 3.05) is 39.8 Å². The molecule has 5 nitrogen and oxygen atoms in total. The van der Waals surface area contributed by atoms with Gasteiger partial charge in [-0.15, -0.1) is 0 Å². The molecule has 1 N–H and O–H groups in total. The van der Waals surface area contributed by atoms with Gasteiger partial charge in [0.05, 0.1) is 24.8 Å².